The number of aromatic nitrogens is 1. The molecule has 2 aliphatic heterocycles. The van der Waals surface area contributed by atoms with Crippen molar-refractivity contribution in [2.45, 2.75) is 44.5 Å². The molecule has 136 valence electrons. The molecule has 0 spiro atoms. The molecule has 4 rings (SSSR count). The van der Waals surface area contributed by atoms with E-state index in [9.17, 15) is 4.79 Å². The van der Waals surface area contributed by atoms with Gasteiger partial charge in [-0.25, -0.2) is 0 Å². The molecule has 0 bridgehead atoms. The Kier molecular flexibility index (Phi) is 5.16. The minimum Gasteiger partial charge on any atom is -0.480 e. The monoisotopic (exact) mass is 352 g/mol. The van der Waals surface area contributed by atoms with Gasteiger partial charge in [0.15, 0.2) is 6.10 Å². The number of aryl methyl sites for hydroxylation is 1. The van der Waals surface area contributed by atoms with E-state index in [1.165, 1.54) is 5.56 Å². The lowest BCUT2D eigenvalue weighted by atomic mass is 10.0. The number of ether oxygens (including phenoxy) is 2. The number of carbonyl (C=O) groups is 1. The van der Waals surface area contributed by atoms with Crippen LogP contribution in [0.15, 0.2) is 48.7 Å². The van der Waals surface area contributed by atoms with E-state index in [2.05, 4.69) is 11.1 Å². The third kappa shape index (κ3) is 3.88. The second-order valence-corrected chi connectivity index (χ2v) is 6.91. The zero-order valence-electron chi connectivity index (χ0n) is 14.8. The van der Waals surface area contributed by atoms with E-state index in [1.54, 1.807) is 6.20 Å². The van der Waals surface area contributed by atoms with Crippen molar-refractivity contribution in [3.8, 4) is 5.75 Å². The van der Waals surface area contributed by atoms with Crippen molar-refractivity contribution in [3.63, 3.8) is 0 Å². The van der Waals surface area contributed by atoms with Crippen LogP contribution in [0.4, 0.5) is 0 Å². The zero-order valence-corrected chi connectivity index (χ0v) is 14.8. The fourth-order valence-corrected chi connectivity index (χ4v) is 3.63. The van der Waals surface area contributed by atoms with Crippen LogP contribution in [0.5, 0.6) is 5.75 Å². The predicted molar refractivity (Wildman–Crippen MR) is 97.8 cm³/mol. The summed E-state index contributed by atoms with van der Waals surface area (Å²) in [6.07, 6.45) is 5.00. The highest BCUT2D eigenvalue weighted by atomic mass is 16.5. The van der Waals surface area contributed by atoms with Crippen molar-refractivity contribution < 1.29 is 14.3 Å². The molecule has 1 aromatic heterocycles. The van der Waals surface area contributed by atoms with Gasteiger partial charge >= 0.3 is 0 Å². The van der Waals surface area contributed by atoms with Gasteiger partial charge in [-0.2, -0.15) is 0 Å². The quantitative estimate of drug-likeness (QED) is 0.849. The molecule has 1 fully saturated rings. The minimum absolute atomic E-state index is 0.114. The first-order valence-corrected chi connectivity index (χ1v) is 9.34. The Morgan fingerprint density at radius 3 is 2.73 bits per heavy atom. The summed E-state index contributed by atoms with van der Waals surface area (Å²) in [5, 5.41) is 0. The Hall–Kier alpha value is -2.40. The Labute approximate surface area is 153 Å². The van der Waals surface area contributed by atoms with Crippen LogP contribution < -0.4 is 4.74 Å². The standard InChI is InChI=1S/C21H24N2O3/c24-21(20-9-8-16-5-1-2-7-19(16)26-20)23-13-10-18(11-14-23)25-15-17-6-3-4-12-22-17/h1-7,12,18,20H,8-11,13-15H2/t20-/m0/s1. The molecule has 1 aromatic carbocycles. The molecular formula is C21H24N2O3. The van der Waals surface area contributed by atoms with Gasteiger partial charge in [0.25, 0.3) is 5.91 Å². The summed E-state index contributed by atoms with van der Waals surface area (Å²) in [6, 6.07) is 13.8. The molecule has 0 radical (unpaired) electrons. The number of fused-ring (bicyclic) bond motifs is 1. The third-order valence-electron chi connectivity index (χ3n) is 5.14. The van der Waals surface area contributed by atoms with E-state index >= 15 is 0 Å². The maximum atomic E-state index is 12.8. The maximum absolute atomic E-state index is 12.8. The number of hydrogen-bond acceptors (Lipinski definition) is 4. The molecule has 5 nitrogen and oxygen atoms in total. The van der Waals surface area contributed by atoms with Crippen molar-refractivity contribution in [1.29, 1.82) is 0 Å². The average molecular weight is 352 g/mol. The maximum Gasteiger partial charge on any atom is 0.263 e. The Morgan fingerprint density at radius 2 is 1.92 bits per heavy atom. The molecule has 2 aliphatic rings. The van der Waals surface area contributed by atoms with Gasteiger partial charge in [0.1, 0.15) is 5.75 Å². The summed E-state index contributed by atoms with van der Waals surface area (Å²) in [5.74, 6) is 0.966. The van der Waals surface area contributed by atoms with Gasteiger partial charge in [-0.05, 0) is 49.4 Å². The van der Waals surface area contributed by atoms with E-state index in [-0.39, 0.29) is 18.1 Å². The van der Waals surface area contributed by atoms with Crippen molar-refractivity contribution in [3.05, 3.63) is 59.9 Å². The summed E-state index contributed by atoms with van der Waals surface area (Å²) >= 11 is 0. The highest BCUT2D eigenvalue weighted by Crippen LogP contribution is 2.28. The van der Waals surface area contributed by atoms with E-state index in [0.29, 0.717) is 6.61 Å². The topological polar surface area (TPSA) is 51.7 Å². The van der Waals surface area contributed by atoms with Gasteiger partial charge in [-0.15, -0.1) is 0 Å². The van der Waals surface area contributed by atoms with E-state index in [1.807, 2.05) is 41.3 Å². The minimum atomic E-state index is -0.351. The zero-order chi connectivity index (χ0) is 17.8. The van der Waals surface area contributed by atoms with Crippen molar-refractivity contribution in [2.24, 2.45) is 0 Å². The van der Waals surface area contributed by atoms with Crippen LogP contribution in [0.1, 0.15) is 30.5 Å². The first-order chi connectivity index (χ1) is 12.8. The molecule has 1 atom stereocenters. The first-order valence-electron chi connectivity index (χ1n) is 9.34. The third-order valence-corrected chi connectivity index (χ3v) is 5.14. The molecule has 1 saturated heterocycles. The van der Waals surface area contributed by atoms with Crippen molar-refractivity contribution in [2.75, 3.05) is 13.1 Å². The van der Waals surface area contributed by atoms with Crippen LogP contribution in [0.25, 0.3) is 0 Å². The summed E-state index contributed by atoms with van der Waals surface area (Å²) in [6.45, 7) is 1.99. The molecule has 2 aromatic rings. The van der Waals surface area contributed by atoms with E-state index in [0.717, 1.165) is 50.2 Å². The van der Waals surface area contributed by atoms with Gasteiger partial charge in [0, 0.05) is 19.3 Å². The summed E-state index contributed by atoms with van der Waals surface area (Å²) < 4.78 is 11.9. The molecule has 5 heteroatoms. The molecule has 1 amide bonds. The van der Waals surface area contributed by atoms with Crippen LogP contribution in [-0.2, 0) is 22.6 Å². The summed E-state index contributed by atoms with van der Waals surface area (Å²) in [5.41, 5.74) is 2.14. The van der Waals surface area contributed by atoms with Gasteiger partial charge in [0.05, 0.1) is 18.4 Å². The van der Waals surface area contributed by atoms with Gasteiger partial charge < -0.3 is 14.4 Å². The number of pyridine rings is 1. The first kappa shape index (κ1) is 17.0. The van der Waals surface area contributed by atoms with Gasteiger partial charge in [0.2, 0.25) is 0 Å². The van der Waals surface area contributed by atoms with E-state index < -0.39 is 0 Å². The van der Waals surface area contributed by atoms with Crippen molar-refractivity contribution in [1.82, 2.24) is 9.88 Å². The lowest BCUT2D eigenvalue weighted by molar-refractivity contribution is -0.142. The summed E-state index contributed by atoms with van der Waals surface area (Å²) in [4.78, 5) is 19.0. The number of piperidine rings is 1. The van der Waals surface area contributed by atoms with Crippen LogP contribution in [0.3, 0.4) is 0 Å². The molecule has 0 saturated carbocycles. The van der Waals surface area contributed by atoms with Crippen LogP contribution in [-0.4, -0.2) is 41.1 Å². The lowest BCUT2D eigenvalue weighted by Gasteiger charge is -2.35. The number of hydrogen-bond donors (Lipinski definition) is 0. The van der Waals surface area contributed by atoms with Crippen molar-refractivity contribution >= 4 is 5.91 Å². The lowest BCUT2D eigenvalue weighted by Crippen LogP contribution is -2.48. The van der Waals surface area contributed by atoms with E-state index in [4.69, 9.17) is 9.47 Å². The number of benzene rings is 1. The number of nitrogens with zero attached hydrogens (tertiary/aromatic N) is 2. The fourth-order valence-electron chi connectivity index (χ4n) is 3.63. The number of rotatable bonds is 4. The largest absolute Gasteiger partial charge is 0.480 e. The smallest absolute Gasteiger partial charge is 0.263 e. The second-order valence-electron chi connectivity index (χ2n) is 6.91. The molecule has 0 N–H and O–H groups in total. The predicted octanol–water partition coefficient (Wildman–Crippen LogP) is 2.98. The highest BCUT2D eigenvalue weighted by molar-refractivity contribution is 5.81. The fraction of sp³-hybridized carbons (Fsp3) is 0.429. The highest BCUT2D eigenvalue weighted by Gasteiger charge is 2.32. The molecule has 3 heterocycles. The SMILES string of the molecule is O=C([C@@H]1CCc2ccccc2O1)N1CCC(OCc2ccccn2)CC1. The van der Waals surface area contributed by atoms with Gasteiger partial charge in [-0.1, -0.05) is 24.3 Å². The number of para-hydroxylation sites is 1. The number of likely N-dealkylation sites (tertiary alicyclic amines) is 1. The Morgan fingerprint density at radius 1 is 1.12 bits per heavy atom. The summed E-state index contributed by atoms with van der Waals surface area (Å²) in [7, 11) is 0. The van der Waals surface area contributed by atoms with Gasteiger partial charge in [-0.3, -0.25) is 9.78 Å². The molecule has 0 unspecified atom stereocenters. The Bertz CT molecular complexity index is 742. The van der Waals surface area contributed by atoms with Crippen LogP contribution in [0, 0.1) is 0 Å². The molecule has 26 heavy (non-hydrogen) atoms. The second kappa shape index (κ2) is 7.87. The van der Waals surface area contributed by atoms with Crippen LogP contribution >= 0.6 is 0 Å². The number of amides is 1. The molecule has 0 aliphatic carbocycles. The average Bonchev–Trinajstić information content (AvgIpc) is 2.72. The normalized spacial score (nSPS) is 20.3. The Balaban J connectivity index is 1.26. The molecular weight excluding hydrogens is 328 g/mol. The van der Waals surface area contributed by atoms with Crippen LogP contribution in [0.2, 0.25) is 0 Å². The number of carbonyl (C=O) groups excluding carboxylic acids is 1.